The number of fused-ring (bicyclic) bond motifs is 1. The summed E-state index contributed by atoms with van der Waals surface area (Å²) in [6, 6.07) is 17.6. The van der Waals surface area contributed by atoms with Crippen LogP contribution in [0.1, 0.15) is 5.56 Å². The third-order valence-corrected chi connectivity index (χ3v) is 3.72. The fraction of sp³-hybridized carbons (Fsp3) is 0.235. The van der Waals surface area contributed by atoms with Gasteiger partial charge in [-0.2, -0.15) is 18.6 Å². The summed E-state index contributed by atoms with van der Waals surface area (Å²) in [5.41, 5.74) is 8.27. The van der Waals surface area contributed by atoms with Crippen LogP contribution >= 0.6 is 25.9 Å². The van der Waals surface area contributed by atoms with E-state index in [-0.39, 0.29) is 31.9 Å². The Kier molecular flexibility index (Phi) is 7.58. The van der Waals surface area contributed by atoms with Gasteiger partial charge in [-0.25, -0.2) is 0 Å². The molecule has 1 aromatic heterocycles. The van der Waals surface area contributed by atoms with Crippen LogP contribution in [-0.4, -0.2) is 27.0 Å². The monoisotopic (exact) mass is 351 g/mol. The summed E-state index contributed by atoms with van der Waals surface area (Å²) in [5.74, 6) is 0. The van der Waals surface area contributed by atoms with E-state index in [4.69, 9.17) is 5.73 Å². The van der Waals surface area contributed by atoms with Crippen molar-refractivity contribution in [2.24, 2.45) is 5.73 Å². The summed E-state index contributed by atoms with van der Waals surface area (Å²) in [5, 5.41) is 15.7. The predicted octanol–water partition coefficient (Wildman–Crippen LogP) is 2.50. The Bertz CT molecular complexity index is 720. The maximum atomic E-state index is 10.3. The van der Waals surface area contributed by atoms with Gasteiger partial charge in [-0.05, 0) is 18.1 Å². The van der Waals surface area contributed by atoms with Crippen molar-refractivity contribution in [3.8, 4) is 0 Å². The van der Waals surface area contributed by atoms with E-state index in [1.54, 1.807) is 0 Å². The molecule has 6 heteroatoms. The molecule has 124 valence electrons. The highest BCUT2D eigenvalue weighted by atomic mass is 35.5. The summed E-state index contributed by atoms with van der Waals surface area (Å²) in [4.78, 5) is 0. The van der Waals surface area contributed by atoms with E-state index in [1.165, 1.54) is 0 Å². The molecule has 0 unspecified atom stereocenters. The minimum atomic E-state index is -0.631. The number of aliphatic hydroxyl groups is 1. The van der Waals surface area contributed by atoms with Gasteiger partial charge >= 0.3 is 0 Å². The topological polar surface area (TPSA) is 64.1 Å². The lowest BCUT2D eigenvalue weighted by atomic mass is 10.0. The fourth-order valence-corrected chi connectivity index (χ4v) is 2.51. The lowest BCUT2D eigenvalue weighted by Crippen LogP contribution is -2.39. The largest absolute Gasteiger partial charge is 0.390 e. The van der Waals surface area contributed by atoms with Crippen molar-refractivity contribution in [3.05, 3.63) is 66.4 Å². The molecule has 1 heterocycles. The van der Waals surface area contributed by atoms with Gasteiger partial charge in [0.15, 0.2) is 0 Å². The van der Waals surface area contributed by atoms with Gasteiger partial charge in [-0.15, -0.1) is 12.4 Å². The first-order valence-corrected chi connectivity index (χ1v) is 7.12. The molecule has 0 amide bonds. The van der Waals surface area contributed by atoms with E-state index in [0.29, 0.717) is 13.0 Å². The van der Waals surface area contributed by atoms with Crippen LogP contribution in [0, 0.1) is 0 Å². The van der Waals surface area contributed by atoms with Crippen molar-refractivity contribution < 1.29 is 5.11 Å². The number of rotatable bonds is 5. The molecule has 3 rings (SSSR count). The minimum absolute atomic E-state index is 0. The van der Waals surface area contributed by atoms with Gasteiger partial charge in [0.2, 0.25) is 0 Å². The second-order valence-corrected chi connectivity index (χ2v) is 5.31. The number of aliphatic hydroxyl groups excluding tert-OH is 1. The maximum absolute atomic E-state index is 10.3. The minimum Gasteiger partial charge on any atom is -0.390 e. The van der Waals surface area contributed by atoms with Crippen molar-refractivity contribution >= 4 is 36.8 Å². The third-order valence-electron chi connectivity index (χ3n) is 3.72. The van der Waals surface area contributed by atoms with Crippen molar-refractivity contribution in [2.75, 3.05) is 0 Å². The highest BCUT2D eigenvalue weighted by Gasteiger charge is 2.17. The van der Waals surface area contributed by atoms with Gasteiger partial charge in [0.1, 0.15) is 0 Å². The predicted molar refractivity (Wildman–Crippen MR) is 101 cm³/mol. The van der Waals surface area contributed by atoms with E-state index in [0.717, 1.165) is 16.5 Å². The molecule has 0 saturated heterocycles. The molecular formula is C17H22ClN3OS. The third kappa shape index (κ3) is 4.72. The second kappa shape index (κ2) is 8.93. The molecule has 0 radical (unpaired) electrons. The van der Waals surface area contributed by atoms with Crippen LogP contribution in [-0.2, 0) is 13.0 Å². The van der Waals surface area contributed by atoms with Crippen molar-refractivity contribution in [1.82, 2.24) is 9.78 Å². The number of nitrogens with two attached hydrogens (primary N) is 1. The smallest absolute Gasteiger partial charge is 0.0890 e. The lowest BCUT2D eigenvalue weighted by Gasteiger charge is -2.19. The van der Waals surface area contributed by atoms with Crippen LogP contribution in [0.5, 0.6) is 0 Å². The van der Waals surface area contributed by atoms with Crippen LogP contribution < -0.4 is 5.73 Å². The van der Waals surface area contributed by atoms with E-state index in [1.807, 2.05) is 65.5 Å². The summed E-state index contributed by atoms with van der Waals surface area (Å²) in [7, 11) is 0. The number of halogens is 1. The molecule has 0 spiro atoms. The fourth-order valence-electron chi connectivity index (χ4n) is 2.51. The molecule has 3 N–H and O–H groups in total. The number of para-hydroxylation sites is 1. The van der Waals surface area contributed by atoms with Gasteiger partial charge in [-0.3, -0.25) is 4.68 Å². The van der Waals surface area contributed by atoms with Crippen molar-refractivity contribution in [1.29, 1.82) is 0 Å². The van der Waals surface area contributed by atoms with Gasteiger partial charge in [-0.1, -0.05) is 48.5 Å². The van der Waals surface area contributed by atoms with Crippen molar-refractivity contribution in [2.45, 2.75) is 25.1 Å². The molecule has 4 nitrogen and oxygen atoms in total. The highest BCUT2D eigenvalue weighted by Crippen LogP contribution is 2.14. The second-order valence-electron chi connectivity index (χ2n) is 5.31. The molecule has 2 aromatic carbocycles. The summed E-state index contributed by atoms with van der Waals surface area (Å²) >= 11 is 0. The Labute approximate surface area is 149 Å². The Morgan fingerprint density at radius 3 is 2.43 bits per heavy atom. The zero-order chi connectivity index (χ0) is 14.7. The quantitative estimate of drug-likeness (QED) is 0.742. The number of aromatic nitrogens is 2. The normalized spacial score (nSPS) is 13.0. The zero-order valence-corrected chi connectivity index (χ0v) is 14.5. The Balaban J connectivity index is 0.00000132. The van der Waals surface area contributed by atoms with Crippen LogP contribution in [0.15, 0.2) is 60.8 Å². The van der Waals surface area contributed by atoms with Gasteiger partial charge in [0, 0.05) is 11.4 Å². The van der Waals surface area contributed by atoms with Crippen LogP contribution in [0.2, 0.25) is 0 Å². The Hall–Kier alpha value is -1.53. The number of benzene rings is 2. The average Bonchev–Trinajstić information content (AvgIpc) is 2.91. The number of hydrogen-bond acceptors (Lipinski definition) is 3. The first-order chi connectivity index (χ1) is 10.2. The molecule has 0 aliphatic heterocycles. The first-order valence-electron chi connectivity index (χ1n) is 7.12. The van der Waals surface area contributed by atoms with Gasteiger partial charge in [0.25, 0.3) is 0 Å². The van der Waals surface area contributed by atoms with E-state index < -0.39 is 6.10 Å². The zero-order valence-electron chi connectivity index (χ0n) is 12.7. The van der Waals surface area contributed by atoms with E-state index in [2.05, 4.69) is 5.10 Å². The molecule has 0 aliphatic carbocycles. The SMILES string of the molecule is Cl.N[C@H](Cc1ccccc1)[C@@H](O)Cn1ncc2ccccc21.S. The standard InChI is InChI=1S/C17H19N3O.ClH.H2S/c18-15(10-13-6-2-1-3-7-13)17(21)12-20-16-9-5-4-8-14(16)11-19-20;;/h1-9,11,15,17,21H,10,12,18H2;1H;1H2/t15-,17+;;/m1../s1. The molecule has 2 atom stereocenters. The van der Waals surface area contributed by atoms with E-state index >= 15 is 0 Å². The average molecular weight is 352 g/mol. The summed E-state index contributed by atoms with van der Waals surface area (Å²) < 4.78 is 1.81. The van der Waals surface area contributed by atoms with Crippen LogP contribution in [0.25, 0.3) is 10.9 Å². The number of hydrogen-bond donors (Lipinski definition) is 2. The molecule has 0 fully saturated rings. The molecule has 0 aliphatic rings. The molecule has 3 aromatic rings. The van der Waals surface area contributed by atoms with E-state index in [9.17, 15) is 5.11 Å². The Morgan fingerprint density at radius 1 is 1.04 bits per heavy atom. The Morgan fingerprint density at radius 2 is 1.70 bits per heavy atom. The molecule has 0 saturated carbocycles. The maximum Gasteiger partial charge on any atom is 0.0890 e. The molecular weight excluding hydrogens is 330 g/mol. The molecule has 23 heavy (non-hydrogen) atoms. The van der Waals surface area contributed by atoms with Crippen molar-refractivity contribution in [3.63, 3.8) is 0 Å². The molecule has 0 bridgehead atoms. The van der Waals surface area contributed by atoms with Gasteiger partial charge < -0.3 is 10.8 Å². The summed E-state index contributed by atoms with van der Waals surface area (Å²) in [6.45, 7) is 0.404. The van der Waals surface area contributed by atoms with Gasteiger partial charge in [0.05, 0.1) is 24.4 Å². The highest BCUT2D eigenvalue weighted by molar-refractivity contribution is 7.59. The summed E-state index contributed by atoms with van der Waals surface area (Å²) in [6.07, 6.45) is 1.83. The van der Waals surface area contributed by atoms with Crippen LogP contribution in [0.4, 0.5) is 0 Å². The van der Waals surface area contributed by atoms with Crippen LogP contribution in [0.3, 0.4) is 0 Å². The number of nitrogens with zero attached hydrogens (tertiary/aromatic N) is 2. The lowest BCUT2D eigenvalue weighted by molar-refractivity contribution is 0.122. The first kappa shape index (κ1) is 19.5.